The highest BCUT2D eigenvalue weighted by Crippen LogP contribution is 2.13. The molecule has 0 aromatic carbocycles. The topological polar surface area (TPSA) is 97.4 Å². The number of furan rings is 1. The Labute approximate surface area is 110 Å². The Morgan fingerprint density at radius 3 is 2.84 bits per heavy atom. The number of aliphatic hydroxyl groups excluding tert-OH is 1. The summed E-state index contributed by atoms with van der Waals surface area (Å²) in [6.07, 6.45) is 3.53. The number of aromatic nitrogens is 2. The van der Waals surface area contributed by atoms with Crippen LogP contribution in [0.3, 0.4) is 0 Å². The zero-order valence-corrected chi connectivity index (χ0v) is 11.2. The molecule has 19 heavy (non-hydrogen) atoms. The molecule has 0 saturated carbocycles. The molecule has 0 atom stereocenters. The Kier molecular flexibility index (Phi) is 4.03. The van der Waals surface area contributed by atoms with Crippen molar-refractivity contribution in [3.8, 4) is 0 Å². The Morgan fingerprint density at radius 2 is 2.26 bits per heavy atom. The SMILES string of the molecule is Cc1cnn(CCNS(=O)(=O)c2ccc(CO)o2)c1. The number of nitrogens with zero attached hydrogens (tertiary/aromatic N) is 2. The average molecular weight is 285 g/mol. The van der Waals surface area contributed by atoms with Gasteiger partial charge >= 0.3 is 0 Å². The maximum atomic E-state index is 11.8. The standard InChI is InChI=1S/C11H15N3O4S/c1-9-6-12-14(7-9)5-4-13-19(16,17)11-3-2-10(8-15)18-11/h2-3,6-7,13,15H,4-5,8H2,1H3. The number of sulfonamides is 1. The largest absolute Gasteiger partial charge is 0.446 e. The highest BCUT2D eigenvalue weighted by atomic mass is 32.2. The third-order valence-electron chi connectivity index (χ3n) is 2.45. The molecule has 0 amide bonds. The Hall–Kier alpha value is -1.64. The molecule has 0 saturated heterocycles. The predicted molar refractivity (Wildman–Crippen MR) is 66.8 cm³/mol. The van der Waals surface area contributed by atoms with E-state index in [0.29, 0.717) is 6.54 Å². The van der Waals surface area contributed by atoms with Gasteiger partial charge in [-0.1, -0.05) is 0 Å². The highest BCUT2D eigenvalue weighted by molar-refractivity contribution is 7.89. The fraction of sp³-hybridized carbons (Fsp3) is 0.364. The quantitative estimate of drug-likeness (QED) is 0.793. The summed E-state index contributed by atoms with van der Waals surface area (Å²) >= 11 is 0. The Morgan fingerprint density at radius 1 is 1.47 bits per heavy atom. The van der Waals surface area contributed by atoms with Crippen LogP contribution in [-0.4, -0.2) is 29.8 Å². The van der Waals surface area contributed by atoms with Crippen molar-refractivity contribution in [2.24, 2.45) is 0 Å². The van der Waals surface area contributed by atoms with Crippen LogP contribution in [0.25, 0.3) is 0 Å². The summed E-state index contributed by atoms with van der Waals surface area (Å²) < 4.78 is 32.7. The second-order valence-electron chi connectivity index (χ2n) is 4.06. The predicted octanol–water partition coefficient (Wildman–Crippen LogP) is 0.255. The van der Waals surface area contributed by atoms with Crippen molar-refractivity contribution in [1.29, 1.82) is 0 Å². The number of aliphatic hydroxyl groups is 1. The van der Waals surface area contributed by atoms with Crippen LogP contribution in [0.1, 0.15) is 11.3 Å². The van der Waals surface area contributed by atoms with Gasteiger partial charge in [0.05, 0.1) is 12.7 Å². The van der Waals surface area contributed by atoms with Crippen LogP contribution >= 0.6 is 0 Å². The molecule has 0 bridgehead atoms. The zero-order chi connectivity index (χ0) is 13.9. The summed E-state index contributed by atoms with van der Waals surface area (Å²) in [5.74, 6) is 0.211. The summed E-state index contributed by atoms with van der Waals surface area (Å²) in [4.78, 5) is 0. The van der Waals surface area contributed by atoms with E-state index in [4.69, 9.17) is 9.52 Å². The first-order chi connectivity index (χ1) is 9.01. The summed E-state index contributed by atoms with van der Waals surface area (Å²) in [5, 5.41) is 12.7. The lowest BCUT2D eigenvalue weighted by molar-refractivity contribution is 0.236. The molecule has 0 aliphatic carbocycles. The highest BCUT2D eigenvalue weighted by Gasteiger charge is 2.17. The van der Waals surface area contributed by atoms with Gasteiger partial charge in [0.1, 0.15) is 12.4 Å². The molecular formula is C11H15N3O4S. The minimum absolute atomic E-state index is 0.201. The lowest BCUT2D eigenvalue weighted by atomic mass is 10.4. The summed E-state index contributed by atoms with van der Waals surface area (Å²) in [6.45, 7) is 2.22. The first-order valence-electron chi connectivity index (χ1n) is 5.69. The molecule has 2 aromatic rings. The van der Waals surface area contributed by atoms with Crippen molar-refractivity contribution >= 4 is 10.0 Å². The van der Waals surface area contributed by atoms with Gasteiger partial charge in [0.15, 0.2) is 0 Å². The normalized spacial score (nSPS) is 11.9. The van der Waals surface area contributed by atoms with E-state index in [0.717, 1.165) is 5.56 Å². The van der Waals surface area contributed by atoms with Gasteiger partial charge in [-0.2, -0.15) is 5.10 Å². The lowest BCUT2D eigenvalue weighted by Crippen LogP contribution is -2.27. The third-order valence-corrected chi connectivity index (χ3v) is 3.79. The van der Waals surface area contributed by atoms with Crippen LogP contribution in [0.2, 0.25) is 0 Å². The van der Waals surface area contributed by atoms with Crippen LogP contribution in [0.4, 0.5) is 0 Å². The summed E-state index contributed by atoms with van der Waals surface area (Å²) in [6, 6.07) is 2.73. The van der Waals surface area contributed by atoms with Gasteiger partial charge in [-0.15, -0.1) is 0 Å². The number of hydrogen-bond acceptors (Lipinski definition) is 5. The zero-order valence-electron chi connectivity index (χ0n) is 10.4. The second kappa shape index (κ2) is 5.55. The average Bonchev–Trinajstić information content (AvgIpc) is 2.98. The van der Waals surface area contributed by atoms with Crippen LogP contribution < -0.4 is 4.72 Å². The van der Waals surface area contributed by atoms with Crippen molar-refractivity contribution in [2.45, 2.75) is 25.2 Å². The van der Waals surface area contributed by atoms with Gasteiger partial charge in [-0.05, 0) is 24.6 Å². The van der Waals surface area contributed by atoms with Crippen LogP contribution in [0.5, 0.6) is 0 Å². The molecule has 0 fully saturated rings. The summed E-state index contributed by atoms with van der Waals surface area (Å²) in [5.41, 5.74) is 1.02. The number of nitrogens with one attached hydrogen (secondary N) is 1. The smallest absolute Gasteiger partial charge is 0.274 e. The molecule has 0 unspecified atom stereocenters. The fourth-order valence-electron chi connectivity index (χ4n) is 1.54. The maximum Gasteiger partial charge on any atom is 0.274 e. The van der Waals surface area contributed by atoms with E-state index in [1.165, 1.54) is 12.1 Å². The van der Waals surface area contributed by atoms with Gasteiger partial charge in [-0.25, -0.2) is 13.1 Å². The van der Waals surface area contributed by atoms with Crippen molar-refractivity contribution in [1.82, 2.24) is 14.5 Å². The van der Waals surface area contributed by atoms with E-state index >= 15 is 0 Å². The molecular weight excluding hydrogens is 270 g/mol. The van der Waals surface area contributed by atoms with Gasteiger partial charge < -0.3 is 9.52 Å². The number of hydrogen-bond donors (Lipinski definition) is 2. The molecule has 2 rings (SSSR count). The molecule has 0 spiro atoms. The van der Waals surface area contributed by atoms with Crippen molar-refractivity contribution in [3.63, 3.8) is 0 Å². The van der Waals surface area contributed by atoms with E-state index in [1.807, 2.05) is 13.1 Å². The maximum absolute atomic E-state index is 11.8. The molecule has 2 heterocycles. The van der Waals surface area contributed by atoms with Gasteiger partial charge in [-0.3, -0.25) is 4.68 Å². The molecule has 0 radical (unpaired) electrons. The first kappa shape index (κ1) is 13.8. The van der Waals surface area contributed by atoms with E-state index in [-0.39, 0.29) is 24.0 Å². The third kappa shape index (κ3) is 3.43. The van der Waals surface area contributed by atoms with Gasteiger partial charge in [0.2, 0.25) is 5.09 Å². The van der Waals surface area contributed by atoms with Gasteiger partial charge in [0, 0.05) is 12.7 Å². The van der Waals surface area contributed by atoms with E-state index < -0.39 is 10.0 Å². The Balaban J connectivity index is 1.94. The molecule has 2 aromatic heterocycles. The molecule has 8 heteroatoms. The molecule has 2 N–H and O–H groups in total. The fourth-order valence-corrected chi connectivity index (χ4v) is 2.51. The minimum Gasteiger partial charge on any atom is -0.446 e. The summed E-state index contributed by atoms with van der Waals surface area (Å²) in [7, 11) is -3.68. The van der Waals surface area contributed by atoms with E-state index in [1.54, 1.807) is 10.9 Å². The van der Waals surface area contributed by atoms with Crippen molar-refractivity contribution < 1.29 is 17.9 Å². The second-order valence-corrected chi connectivity index (χ2v) is 5.76. The van der Waals surface area contributed by atoms with Gasteiger partial charge in [0.25, 0.3) is 10.0 Å². The van der Waals surface area contributed by atoms with E-state index in [9.17, 15) is 8.42 Å². The molecule has 104 valence electrons. The van der Waals surface area contributed by atoms with E-state index in [2.05, 4.69) is 9.82 Å². The van der Waals surface area contributed by atoms with Crippen LogP contribution in [-0.2, 0) is 23.2 Å². The molecule has 0 aliphatic heterocycles. The molecule has 7 nitrogen and oxygen atoms in total. The minimum atomic E-state index is -3.68. The van der Waals surface area contributed by atoms with Crippen LogP contribution in [0, 0.1) is 6.92 Å². The van der Waals surface area contributed by atoms with Crippen molar-refractivity contribution in [3.05, 3.63) is 35.9 Å². The monoisotopic (exact) mass is 285 g/mol. The number of rotatable bonds is 6. The lowest BCUT2D eigenvalue weighted by Gasteiger charge is -2.04. The Bertz CT molecular complexity index is 644. The first-order valence-corrected chi connectivity index (χ1v) is 7.18. The van der Waals surface area contributed by atoms with Crippen molar-refractivity contribution in [2.75, 3.05) is 6.54 Å². The van der Waals surface area contributed by atoms with Crippen LogP contribution in [0.15, 0.2) is 34.0 Å². The number of aryl methyl sites for hydroxylation is 1. The molecule has 0 aliphatic rings.